The zero-order valence-electron chi connectivity index (χ0n) is 18.9. The summed E-state index contributed by atoms with van der Waals surface area (Å²) in [5.41, 5.74) is 7.93. The molecule has 0 bridgehead atoms. The second-order valence-corrected chi connectivity index (χ2v) is 9.27. The maximum absolute atomic E-state index is 5.32. The largest absolute Gasteiger partial charge is 0.370 e. The van der Waals surface area contributed by atoms with Gasteiger partial charge in [0, 0.05) is 18.7 Å². The van der Waals surface area contributed by atoms with Crippen molar-refractivity contribution < 1.29 is 0 Å². The Morgan fingerprint density at radius 2 is 1.87 bits per heavy atom. The number of aromatic nitrogens is 2. The minimum absolute atomic E-state index is 0.398. The summed E-state index contributed by atoms with van der Waals surface area (Å²) in [6.07, 6.45) is 7.34. The Morgan fingerprint density at radius 3 is 2.71 bits per heavy atom. The number of hydrogen-bond acceptors (Lipinski definition) is 3. The van der Waals surface area contributed by atoms with Crippen LogP contribution in [0, 0.1) is 13.8 Å². The Bertz CT molecular complexity index is 1040. The van der Waals surface area contributed by atoms with Gasteiger partial charge in [-0.15, -0.1) is 0 Å². The third kappa shape index (κ3) is 4.14. The summed E-state index contributed by atoms with van der Waals surface area (Å²) in [5, 5.41) is 9.06. The molecule has 2 aliphatic heterocycles. The molecule has 4 heteroatoms. The lowest BCUT2D eigenvalue weighted by atomic mass is 9.94. The summed E-state index contributed by atoms with van der Waals surface area (Å²) in [5.74, 6) is 1.23. The monoisotopic (exact) mass is 414 g/mol. The summed E-state index contributed by atoms with van der Waals surface area (Å²) in [6, 6.07) is 18.0. The van der Waals surface area contributed by atoms with Crippen LogP contribution in [0.25, 0.3) is 5.69 Å². The van der Waals surface area contributed by atoms with Gasteiger partial charge < -0.3 is 5.32 Å². The van der Waals surface area contributed by atoms with Gasteiger partial charge in [0.25, 0.3) is 0 Å². The highest BCUT2D eigenvalue weighted by atomic mass is 15.4. The Morgan fingerprint density at radius 1 is 1.00 bits per heavy atom. The van der Waals surface area contributed by atoms with Crippen LogP contribution in [0.2, 0.25) is 0 Å². The lowest BCUT2D eigenvalue weighted by Gasteiger charge is -2.35. The summed E-state index contributed by atoms with van der Waals surface area (Å²) in [4.78, 5) is 2.67. The highest BCUT2D eigenvalue weighted by Crippen LogP contribution is 2.38. The lowest BCUT2D eigenvalue weighted by Crippen LogP contribution is -2.33. The fraction of sp³-hybridized carbons (Fsp3) is 0.444. The number of rotatable bonds is 4. The van der Waals surface area contributed by atoms with Gasteiger partial charge >= 0.3 is 0 Å². The van der Waals surface area contributed by atoms with Crippen molar-refractivity contribution >= 4 is 5.82 Å². The smallest absolute Gasteiger partial charge is 0.133 e. The van der Waals surface area contributed by atoms with E-state index in [0.29, 0.717) is 6.04 Å². The molecule has 1 aromatic heterocycles. The van der Waals surface area contributed by atoms with E-state index in [4.69, 9.17) is 5.10 Å². The van der Waals surface area contributed by atoms with Crippen molar-refractivity contribution in [2.45, 2.75) is 65.0 Å². The zero-order chi connectivity index (χ0) is 21.2. The predicted octanol–water partition coefficient (Wildman–Crippen LogP) is 5.96. The molecule has 3 heterocycles. The van der Waals surface area contributed by atoms with Crippen LogP contribution < -0.4 is 5.32 Å². The number of hydrogen-bond donors (Lipinski definition) is 1. The molecule has 1 saturated heterocycles. The van der Waals surface area contributed by atoms with Gasteiger partial charge in [-0.05, 0) is 69.7 Å². The van der Waals surface area contributed by atoms with Crippen molar-refractivity contribution in [1.82, 2.24) is 14.7 Å². The van der Waals surface area contributed by atoms with Crippen molar-refractivity contribution in [3.05, 3.63) is 76.5 Å². The van der Waals surface area contributed by atoms with Crippen LogP contribution in [0.5, 0.6) is 0 Å². The maximum Gasteiger partial charge on any atom is 0.133 e. The van der Waals surface area contributed by atoms with E-state index in [-0.39, 0.29) is 0 Å². The summed E-state index contributed by atoms with van der Waals surface area (Å²) in [6.45, 7) is 7.55. The predicted molar refractivity (Wildman–Crippen MR) is 128 cm³/mol. The van der Waals surface area contributed by atoms with Gasteiger partial charge in [0.15, 0.2) is 0 Å². The third-order valence-corrected chi connectivity index (χ3v) is 6.90. The van der Waals surface area contributed by atoms with Crippen molar-refractivity contribution in [3.8, 4) is 5.69 Å². The standard InChI is InChI=1S/C27H34N4/c1-20-14-15-24(21(2)18-20)31-27-23(12-6-8-16-28-27)26(29-31)25-13-7-9-17-30(25)19-22-10-4-3-5-11-22/h3-5,10-11,14-15,18,25,28H,6-9,12-13,16-17,19H2,1-2H3. The first-order valence-corrected chi connectivity index (χ1v) is 11.9. The summed E-state index contributed by atoms with van der Waals surface area (Å²) >= 11 is 0. The first-order chi connectivity index (χ1) is 15.2. The molecule has 1 unspecified atom stereocenters. The molecular formula is C27H34N4. The average molecular weight is 415 g/mol. The van der Waals surface area contributed by atoms with Gasteiger partial charge in [-0.25, -0.2) is 4.68 Å². The van der Waals surface area contributed by atoms with E-state index < -0.39 is 0 Å². The van der Waals surface area contributed by atoms with Crippen LogP contribution in [-0.2, 0) is 13.0 Å². The number of fused-ring (bicyclic) bond motifs is 1. The zero-order valence-corrected chi connectivity index (χ0v) is 18.9. The third-order valence-electron chi connectivity index (χ3n) is 6.90. The number of likely N-dealkylation sites (tertiary alicyclic amines) is 1. The van der Waals surface area contributed by atoms with E-state index in [0.717, 1.165) is 26.1 Å². The Kier molecular flexibility index (Phi) is 5.82. The number of nitrogens with one attached hydrogen (secondary N) is 1. The Hall–Kier alpha value is -2.59. The van der Waals surface area contributed by atoms with E-state index in [1.54, 1.807) is 0 Å². The molecule has 1 atom stereocenters. The second-order valence-electron chi connectivity index (χ2n) is 9.27. The minimum atomic E-state index is 0.398. The van der Waals surface area contributed by atoms with E-state index >= 15 is 0 Å². The van der Waals surface area contributed by atoms with Crippen LogP contribution in [0.4, 0.5) is 5.82 Å². The number of piperidine rings is 1. The van der Waals surface area contributed by atoms with Crippen molar-refractivity contribution in [2.24, 2.45) is 0 Å². The highest BCUT2D eigenvalue weighted by Gasteiger charge is 2.31. The molecule has 2 aromatic carbocycles. The van der Waals surface area contributed by atoms with Gasteiger partial charge in [-0.2, -0.15) is 5.10 Å². The molecule has 1 fully saturated rings. The SMILES string of the molecule is Cc1ccc(-n2nc(C3CCCCN3Cc3ccccc3)c3c2NCCCC3)c(C)c1. The van der Waals surface area contributed by atoms with Crippen LogP contribution in [0.15, 0.2) is 48.5 Å². The second kappa shape index (κ2) is 8.88. The molecule has 0 saturated carbocycles. The molecule has 0 aliphatic carbocycles. The van der Waals surface area contributed by atoms with Crippen LogP contribution in [0.1, 0.15) is 66.1 Å². The molecule has 3 aromatic rings. The summed E-state index contributed by atoms with van der Waals surface area (Å²) in [7, 11) is 0. The van der Waals surface area contributed by atoms with E-state index in [9.17, 15) is 0 Å². The molecule has 5 rings (SSSR count). The molecule has 0 spiro atoms. The fourth-order valence-electron chi connectivity index (χ4n) is 5.32. The normalized spacial score (nSPS) is 19.5. The highest BCUT2D eigenvalue weighted by molar-refractivity contribution is 5.57. The first-order valence-electron chi connectivity index (χ1n) is 11.9. The number of benzene rings is 2. The topological polar surface area (TPSA) is 33.1 Å². The van der Waals surface area contributed by atoms with Crippen LogP contribution in [-0.4, -0.2) is 27.8 Å². The number of nitrogens with zero attached hydrogens (tertiary/aromatic N) is 3. The van der Waals surface area contributed by atoms with Gasteiger partial charge in [0.1, 0.15) is 5.82 Å². The Labute approximate surface area is 186 Å². The van der Waals surface area contributed by atoms with Crippen molar-refractivity contribution in [3.63, 3.8) is 0 Å². The molecular weight excluding hydrogens is 380 g/mol. The van der Waals surface area contributed by atoms with Gasteiger partial charge in [0.2, 0.25) is 0 Å². The maximum atomic E-state index is 5.32. The first kappa shape index (κ1) is 20.3. The molecule has 0 radical (unpaired) electrons. The van der Waals surface area contributed by atoms with Crippen molar-refractivity contribution in [1.29, 1.82) is 0 Å². The van der Waals surface area contributed by atoms with E-state index in [1.165, 1.54) is 71.6 Å². The summed E-state index contributed by atoms with van der Waals surface area (Å²) < 4.78 is 2.21. The molecule has 2 aliphatic rings. The molecule has 1 N–H and O–H groups in total. The number of anilines is 1. The Balaban J connectivity index is 1.56. The molecule has 0 amide bonds. The van der Waals surface area contributed by atoms with Crippen LogP contribution >= 0.6 is 0 Å². The van der Waals surface area contributed by atoms with Crippen LogP contribution in [0.3, 0.4) is 0 Å². The minimum Gasteiger partial charge on any atom is -0.370 e. The quantitative estimate of drug-likeness (QED) is 0.571. The lowest BCUT2D eigenvalue weighted by molar-refractivity contribution is 0.136. The molecule has 4 nitrogen and oxygen atoms in total. The molecule has 162 valence electrons. The molecule has 31 heavy (non-hydrogen) atoms. The van der Waals surface area contributed by atoms with Crippen molar-refractivity contribution in [2.75, 3.05) is 18.4 Å². The van der Waals surface area contributed by atoms with E-state index in [1.807, 2.05) is 0 Å². The van der Waals surface area contributed by atoms with E-state index in [2.05, 4.69) is 77.3 Å². The number of aryl methyl sites for hydroxylation is 2. The van der Waals surface area contributed by atoms with Gasteiger partial charge in [-0.3, -0.25) is 4.90 Å². The van der Waals surface area contributed by atoms with Gasteiger partial charge in [-0.1, -0.05) is 54.4 Å². The van der Waals surface area contributed by atoms with Gasteiger partial charge in [0.05, 0.1) is 17.4 Å². The fourth-order valence-corrected chi connectivity index (χ4v) is 5.32. The average Bonchev–Trinajstić information content (AvgIpc) is 2.95.